The Morgan fingerprint density at radius 2 is 1.66 bits per heavy atom. The number of carbonyl (C=O) groups is 1. The minimum Gasteiger partial charge on any atom is -0.356 e. The molecule has 1 saturated heterocycles. The van der Waals surface area contributed by atoms with Gasteiger partial charge in [-0.05, 0) is 5.56 Å². The second-order valence-corrected chi connectivity index (χ2v) is 7.22. The summed E-state index contributed by atoms with van der Waals surface area (Å²) >= 11 is 0. The highest BCUT2D eigenvalue weighted by molar-refractivity contribution is 5.78. The Balaban J connectivity index is 1.24. The topological polar surface area (TPSA) is 49.6 Å². The van der Waals surface area contributed by atoms with E-state index in [-0.39, 0.29) is 12.3 Å². The van der Waals surface area contributed by atoms with Gasteiger partial charge in [-0.3, -0.25) is 9.69 Å². The first-order valence-electron chi connectivity index (χ1n) is 10.0. The van der Waals surface area contributed by atoms with E-state index in [1.165, 1.54) is 5.56 Å². The zero-order chi connectivity index (χ0) is 19.9. The van der Waals surface area contributed by atoms with Gasteiger partial charge >= 0.3 is 0 Å². The number of aromatic nitrogens is 1. The molecule has 1 fully saturated rings. The average Bonchev–Trinajstić information content (AvgIpc) is 3.24. The van der Waals surface area contributed by atoms with Crippen LogP contribution in [0.4, 0.5) is 0 Å². The molecule has 5 heteroatoms. The quantitative estimate of drug-likeness (QED) is 0.647. The molecule has 2 aromatic carbocycles. The van der Waals surface area contributed by atoms with Crippen LogP contribution in [0.1, 0.15) is 11.3 Å². The van der Waals surface area contributed by atoms with Gasteiger partial charge in [0.1, 0.15) is 0 Å². The van der Waals surface area contributed by atoms with Crippen LogP contribution in [-0.4, -0.2) is 53.6 Å². The molecular weight excluding hydrogens is 362 g/mol. The number of carbonyl (C=O) groups excluding carboxylic acids is 1. The van der Waals surface area contributed by atoms with Gasteiger partial charge in [0.2, 0.25) is 5.91 Å². The van der Waals surface area contributed by atoms with Crippen LogP contribution in [0.25, 0.3) is 17.4 Å². The van der Waals surface area contributed by atoms with Crippen molar-refractivity contribution >= 4 is 12.0 Å². The summed E-state index contributed by atoms with van der Waals surface area (Å²) in [4.78, 5) is 16.9. The molecule has 0 bridgehead atoms. The molecule has 0 unspecified atom stereocenters. The van der Waals surface area contributed by atoms with Gasteiger partial charge in [0, 0.05) is 44.4 Å². The van der Waals surface area contributed by atoms with Crippen molar-refractivity contribution < 1.29 is 9.32 Å². The van der Waals surface area contributed by atoms with Crippen LogP contribution in [0.2, 0.25) is 0 Å². The largest absolute Gasteiger partial charge is 0.356 e. The molecule has 0 atom stereocenters. The first-order chi connectivity index (χ1) is 14.3. The van der Waals surface area contributed by atoms with E-state index in [0.29, 0.717) is 11.5 Å². The molecule has 0 spiro atoms. The highest BCUT2D eigenvalue weighted by atomic mass is 16.5. The Labute approximate surface area is 171 Å². The number of amides is 1. The third-order valence-corrected chi connectivity index (χ3v) is 5.15. The molecule has 5 nitrogen and oxygen atoms in total. The second-order valence-electron chi connectivity index (χ2n) is 7.22. The van der Waals surface area contributed by atoms with Gasteiger partial charge in [0.15, 0.2) is 5.76 Å². The van der Waals surface area contributed by atoms with Crippen LogP contribution in [0.3, 0.4) is 0 Å². The number of benzene rings is 2. The van der Waals surface area contributed by atoms with Gasteiger partial charge in [-0.15, -0.1) is 0 Å². The number of rotatable bonds is 6. The summed E-state index contributed by atoms with van der Waals surface area (Å²) in [5, 5.41) is 4.07. The van der Waals surface area contributed by atoms with E-state index < -0.39 is 0 Å². The SMILES string of the molecule is O=C(Cc1cc(-c2ccccc2)on1)N1CCN(C/C=C/c2ccccc2)CC1. The summed E-state index contributed by atoms with van der Waals surface area (Å²) in [6.07, 6.45) is 4.62. The van der Waals surface area contributed by atoms with Crippen molar-refractivity contribution in [1.82, 2.24) is 15.0 Å². The summed E-state index contributed by atoms with van der Waals surface area (Å²) in [6, 6.07) is 22.0. The Kier molecular flexibility index (Phi) is 6.17. The lowest BCUT2D eigenvalue weighted by Gasteiger charge is -2.34. The first-order valence-corrected chi connectivity index (χ1v) is 10.0. The van der Waals surface area contributed by atoms with E-state index in [4.69, 9.17) is 4.52 Å². The van der Waals surface area contributed by atoms with Crippen LogP contribution >= 0.6 is 0 Å². The van der Waals surface area contributed by atoms with Gasteiger partial charge in [-0.1, -0.05) is 78.0 Å². The van der Waals surface area contributed by atoms with Crippen molar-refractivity contribution in [2.75, 3.05) is 32.7 Å². The molecule has 1 aromatic heterocycles. The molecule has 1 aliphatic rings. The van der Waals surface area contributed by atoms with Crippen LogP contribution in [-0.2, 0) is 11.2 Å². The van der Waals surface area contributed by atoms with Gasteiger partial charge in [0.25, 0.3) is 0 Å². The Morgan fingerprint density at radius 1 is 0.966 bits per heavy atom. The fraction of sp³-hybridized carbons (Fsp3) is 0.250. The molecule has 1 aliphatic heterocycles. The maximum absolute atomic E-state index is 12.6. The van der Waals surface area contributed by atoms with Crippen LogP contribution in [0, 0.1) is 0 Å². The summed E-state index contributed by atoms with van der Waals surface area (Å²) in [5.41, 5.74) is 2.86. The number of hydrogen-bond donors (Lipinski definition) is 0. The molecule has 0 saturated carbocycles. The normalized spacial score (nSPS) is 15.1. The minimum absolute atomic E-state index is 0.109. The summed E-state index contributed by atoms with van der Waals surface area (Å²) in [7, 11) is 0. The van der Waals surface area contributed by atoms with Crippen molar-refractivity contribution in [3.05, 3.63) is 84.1 Å². The monoisotopic (exact) mass is 387 g/mol. The summed E-state index contributed by atoms with van der Waals surface area (Å²) < 4.78 is 5.40. The Hall–Kier alpha value is -3.18. The zero-order valence-electron chi connectivity index (χ0n) is 16.4. The average molecular weight is 387 g/mol. The van der Waals surface area contributed by atoms with E-state index >= 15 is 0 Å². The predicted molar refractivity (Wildman–Crippen MR) is 114 cm³/mol. The van der Waals surface area contributed by atoms with Gasteiger partial charge in [-0.2, -0.15) is 0 Å². The van der Waals surface area contributed by atoms with E-state index in [2.05, 4.69) is 34.3 Å². The highest BCUT2D eigenvalue weighted by Gasteiger charge is 2.21. The van der Waals surface area contributed by atoms with Crippen molar-refractivity contribution in [3.63, 3.8) is 0 Å². The molecule has 0 N–H and O–H groups in total. The van der Waals surface area contributed by atoms with Crippen LogP contribution in [0.5, 0.6) is 0 Å². The molecule has 0 aliphatic carbocycles. The number of piperazine rings is 1. The molecule has 1 amide bonds. The molecule has 2 heterocycles. The second kappa shape index (κ2) is 9.34. The Bertz CT molecular complexity index is 943. The highest BCUT2D eigenvalue weighted by Crippen LogP contribution is 2.20. The summed E-state index contributed by atoms with van der Waals surface area (Å²) in [6.45, 7) is 4.18. The number of hydrogen-bond acceptors (Lipinski definition) is 4. The molecule has 29 heavy (non-hydrogen) atoms. The lowest BCUT2D eigenvalue weighted by molar-refractivity contribution is -0.132. The third kappa shape index (κ3) is 5.21. The summed E-state index contributed by atoms with van der Waals surface area (Å²) in [5.74, 6) is 0.806. The molecule has 0 radical (unpaired) electrons. The lowest BCUT2D eigenvalue weighted by Crippen LogP contribution is -2.49. The standard InChI is InChI=1S/C24H25N3O2/c28-24(19-22-18-23(29-25-22)21-11-5-2-6-12-21)27-16-14-26(15-17-27)13-7-10-20-8-3-1-4-9-20/h1-12,18H,13-17,19H2/b10-7+. The molecule has 4 rings (SSSR count). The third-order valence-electron chi connectivity index (χ3n) is 5.15. The van der Waals surface area contributed by atoms with Crippen molar-refractivity contribution in [2.45, 2.75) is 6.42 Å². The van der Waals surface area contributed by atoms with Crippen molar-refractivity contribution in [2.24, 2.45) is 0 Å². The maximum atomic E-state index is 12.6. The molecular formula is C24H25N3O2. The first kappa shape index (κ1) is 19.2. The Morgan fingerprint density at radius 3 is 2.38 bits per heavy atom. The van der Waals surface area contributed by atoms with Gasteiger partial charge in [-0.25, -0.2) is 0 Å². The van der Waals surface area contributed by atoms with E-state index in [1.807, 2.05) is 59.5 Å². The van der Waals surface area contributed by atoms with Crippen molar-refractivity contribution in [3.8, 4) is 11.3 Å². The zero-order valence-corrected chi connectivity index (χ0v) is 16.4. The van der Waals surface area contributed by atoms with E-state index in [9.17, 15) is 4.79 Å². The molecule has 3 aromatic rings. The van der Waals surface area contributed by atoms with E-state index in [0.717, 1.165) is 38.3 Å². The van der Waals surface area contributed by atoms with Crippen molar-refractivity contribution in [1.29, 1.82) is 0 Å². The van der Waals surface area contributed by atoms with Gasteiger partial charge < -0.3 is 9.42 Å². The van der Waals surface area contributed by atoms with Crippen LogP contribution < -0.4 is 0 Å². The van der Waals surface area contributed by atoms with E-state index in [1.54, 1.807) is 0 Å². The fourth-order valence-electron chi connectivity index (χ4n) is 3.48. The minimum atomic E-state index is 0.109. The van der Waals surface area contributed by atoms with Crippen LogP contribution in [0.15, 0.2) is 77.3 Å². The number of nitrogens with zero attached hydrogens (tertiary/aromatic N) is 3. The maximum Gasteiger partial charge on any atom is 0.228 e. The fourth-order valence-corrected chi connectivity index (χ4v) is 3.48. The lowest BCUT2D eigenvalue weighted by atomic mass is 10.1. The van der Waals surface area contributed by atoms with Gasteiger partial charge in [0.05, 0.1) is 12.1 Å². The smallest absolute Gasteiger partial charge is 0.228 e. The predicted octanol–water partition coefficient (Wildman–Crippen LogP) is 3.74. The molecule has 148 valence electrons.